The first-order valence-electron chi connectivity index (χ1n) is 6.89. The lowest BCUT2D eigenvalue weighted by Crippen LogP contribution is -2.35. The van der Waals surface area contributed by atoms with Gasteiger partial charge in [-0.05, 0) is 30.2 Å². The number of anilines is 1. The summed E-state index contributed by atoms with van der Waals surface area (Å²) in [5, 5.41) is 8.71. The smallest absolute Gasteiger partial charge is 0.253 e. The molecule has 0 spiro atoms. The van der Waals surface area contributed by atoms with E-state index in [1.807, 2.05) is 43.3 Å². The summed E-state index contributed by atoms with van der Waals surface area (Å²) in [6, 6.07) is 9.66. The second-order valence-corrected chi connectivity index (χ2v) is 5.49. The average molecular weight is 273 g/mol. The van der Waals surface area contributed by atoms with Gasteiger partial charge in [-0.1, -0.05) is 13.8 Å². The van der Waals surface area contributed by atoms with Crippen LogP contribution in [0.25, 0.3) is 0 Å². The molecule has 1 amide bonds. The van der Waals surface area contributed by atoms with Crippen molar-refractivity contribution in [2.75, 3.05) is 32.1 Å². The molecule has 1 aromatic rings. The van der Waals surface area contributed by atoms with Crippen molar-refractivity contribution in [3.63, 3.8) is 0 Å². The quantitative estimate of drug-likeness (QED) is 0.800. The molecule has 0 aliphatic heterocycles. The van der Waals surface area contributed by atoms with E-state index >= 15 is 0 Å². The van der Waals surface area contributed by atoms with E-state index in [4.69, 9.17) is 5.26 Å². The molecule has 0 aliphatic carbocycles. The molecule has 4 nitrogen and oxygen atoms in total. The fourth-order valence-electron chi connectivity index (χ4n) is 1.99. The van der Waals surface area contributed by atoms with Crippen molar-refractivity contribution in [3.05, 3.63) is 29.8 Å². The van der Waals surface area contributed by atoms with Gasteiger partial charge < -0.3 is 9.80 Å². The van der Waals surface area contributed by atoms with Crippen molar-refractivity contribution in [3.8, 4) is 6.07 Å². The minimum atomic E-state index is -0.000689. The molecule has 0 bridgehead atoms. The maximum absolute atomic E-state index is 12.5. The van der Waals surface area contributed by atoms with E-state index in [1.54, 1.807) is 4.90 Å². The van der Waals surface area contributed by atoms with E-state index in [0.29, 0.717) is 31.0 Å². The molecule has 0 heterocycles. The molecule has 0 radical (unpaired) electrons. The Morgan fingerprint density at radius 1 is 1.25 bits per heavy atom. The number of carbonyl (C=O) groups is 1. The van der Waals surface area contributed by atoms with Gasteiger partial charge in [0.05, 0.1) is 12.5 Å². The number of nitrogens with zero attached hydrogens (tertiary/aromatic N) is 3. The van der Waals surface area contributed by atoms with E-state index in [9.17, 15) is 4.79 Å². The van der Waals surface area contributed by atoms with Crippen LogP contribution in [0.2, 0.25) is 0 Å². The van der Waals surface area contributed by atoms with Crippen LogP contribution in [0, 0.1) is 17.2 Å². The summed E-state index contributed by atoms with van der Waals surface area (Å²) >= 11 is 0. The minimum absolute atomic E-state index is 0.000689. The van der Waals surface area contributed by atoms with E-state index in [0.717, 1.165) is 5.69 Å². The fraction of sp³-hybridized carbons (Fsp3) is 0.500. The molecule has 4 heteroatoms. The van der Waals surface area contributed by atoms with Crippen molar-refractivity contribution in [1.29, 1.82) is 5.26 Å². The SMILES string of the molecule is CC(C)CN(CCC#N)C(=O)c1ccc(N(C)C)cc1. The molecule has 0 fully saturated rings. The summed E-state index contributed by atoms with van der Waals surface area (Å²) in [5.41, 5.74) is 1.74. The summed E-state index contributed by atoms with van der Waals surface area (Å²) in [5.74, 6) is 0.387. The van der Waals surface area contributed by atoms with Crippen LogP contribution in [0.1, 0.15) is 30.6 Å². The van der Waals surface area contributed by atoms with Crippen LogP contribution in [0.15, 0.2) is 24.3 Å². The Balaban J connectivity index is 2.85. The number of carbonyl (C=O) groups excluding carboxylic acids is 1. The molecule has 0 saturated carbocycles. The second kappa shape index (κ2) is 7.54. The molecular formula is C16H23N3O. The van der Waals surface area contributed by atoms with E-state index in [-0.39, 0.29) is 5.91 Å². The normalized spacial score (nSPS) is 10.2. The maximum atomic E-state index is 12.5. The first-order chi connectivity index (χ1) is 9.45. The zero-order valence-corrected chi connectivity index (χ0v) is 12.8. The molecule has 0 aromatic heterocycles. The molecule has 0 N–H and O–H groups in total. The van der Waals surface area contributed by atoms with Crippen LogP contribution in [-0.4, -0.2) is 38.0 Å². The van der Waals surface area contributed by atoms with Gasteiger partial charge in [-0.3, -0.25) is 4.79 Å². The largest absolute Gasteiger partial charge is 0.378 e. The monoisotopic (exact) mass is 273 g/mol. The lowest BCUT2D eigenvalue weighted by atomic mass is 10.1. The summed E-state index contributed by atoms with van der Waals surface area (Å²) in [6.45, 7) is 5.31. The first-order valence-corrected chi connectivity index (χ1v) is 6.89. The van der Waals surface area contributed by atoms with Crippen molar-refractivity contribution in [2.24, 2.45) is 5.92 Å². The molecule has 0 saturated heterocycles. The number of benzene rings is 1. The van der Waals surface area contributed by atoms with Crippen LogP contribution in [0.4, 0.5) is 5.69 Å². The highest BCUT2D eigenvalue weighted by Gasteiger charge is 2.16. The summed E-state index contributed by atoms with van der Waals surface area (Å²) in [4.78, 5) is 16.2. The van der Waals surface area contributed by atoms with Crippen molar-refractivity contribution >= 4 is 11.6 Å². The van der Waals surface area contributed by atoms with Gasteiger partial charge in [-0.15, -0.1) is 0 Å². The molecule has 0 aliphatic rings. The van der Waals surface area contributed by atoms with Crippen LogP contribution < -0.4 is 4.90 Å². The Morgan fingerprint density at radius 3 is 2.30 bits per heavy atom. The topological polar surface area (TPSA) is 47.3 Å². The van der Waals surface area contributed by atoms with Gasteiger partial charge in [-0.2, -0.15) is 5.26 Å². The number of nitriles is 1. The third kappa shape index (κ3) is 4.58. The Hall–Kier alpha value is -2.02. The number of hydrogen-bond acceptors (Lipinski definition) is 3. The summed E-state index contributed by atoms with van der Waals surface area (Å²) in [7, 11) is 3.93. The van der Waals surface area contributed by atoms with Crippen molar-refractivity contribution in [1.82, 2.24) is 4.90 Å². The number of amides is 1. The molecule has 1 aromatic carbocycles. The lowest BCUT2D eigenvalue weighted by Gasteiger charge is -2.24. The van der Waals surface area contributed by atoms with E-state index in [2.05, 4.69) is 19.9 Å². The molecule has 1 rings (SSSR count). The highest BCUT2D eigenvalue weighted by molar-refractivity contribution is 5.94. The fourth-order valence-corrected chi connectivity index (χ4v) is 1.99. The second-order valence-electron chi connectivity index (χ2n) is 5.49. The number of hydrogen-bond donors (Lipinski definition) is 0. The van der Waals surface area contributed by atoms with Gasteiger partial charge in [0.25, 0.3) is 5.91 Å². The summed E-state index contributed by atoms with van der Waals surface area (Å²) in [6.07, 6.45) is 0.369. The van der Waals surface area contributed by atoms with Crippen LogP contribution in [0.5, 0.6) is 0 Å². The third-order valence-corrected chi connectivity index (χ3v) is 3.00. The number of rotatable bonds is 6. The molecule has 0 unspecified atom stereocenters. The van der Waals surface area contributed by atoms with E-state index < -0.39 is 0 Å². The van der Waals surface area contributed by atoms with Gasteiger partial charge in [0.15, 0.2) is 0 Å². The zero-order valence-electron chi connectivity index (χ0n) is 12.8. The zero-order chi connectivity index (χ0) is 15.1. The lowest BCUT2D eigenvalue weighted by molar-refractivity contribution is 0.0740. The van der Waals surface area contributed by atoms with Gasteiger partial charge in [0, 0.05) is 38.4 Å². The van der Waals surface area contributed by atoms with Crippen molar-refractivity contribution in [2.45, 2.75) is 20.3 Å². The predicted molar refractivity (Wildman–Crippen MR) is 81.7 cm³/mol. The van der Waals surface area contributed by atoms with Crippen LogP contribution >= 0.6 is 0 Å². The highest BCUT2D eigenvalue weighted by Crippen LogP contribution is 2.14. The minimum Gasteiger partial charge on any atom is -0.378 e. The van der Waals surface area contributed by atoms with Crippen LogP contribution in [-0.2, 0) is 0 Å². The first kappa shape index (κ1) is 16.0. The Bertz CT molecular complexity index is 471. The molecular weight excluding hydrogens is 250 g/mol. The van der Waals surface area contributed by atoms with E-state index in [1.165, 1.54) is 0 Å². The van der Waals surface area contributed by atoms with Crippen LogP contribution in [0.3, 0.4) is 0 Å². The molecule has 20 heavy (non-hydrogen) atoms. The standard InChI is InChI=1S/C16H23N3O/c1-13(2)12-19(11-5-10-17)16(20)14-6-8-15(9-7-14)18(3)4/h6-9,13H,5,11-12H2,1-4H3. The Kier molecular flexibility index (Phi) is 6.05. The molecule has 0 atom stereocenters. The average Bonchev–Trinajstić information content (AvgIpc) is 2.42. The van der Waals surface area contributed by atoms with Gasteiger partial charge in [-0.25, -0.2) is 0 Å². The maximum Gasteiger partial charge on any atom is 0.253 e. The summed E-state index contributed by atoms with van der Waals surface area (Å²) < 4.78 is 0. The third-order valence-electron chi connectivity index (χ3n) is 3.00. The predicted octanol–water partition coefficient (Wildman–Crippen LogP) is 2.76. The van der Waals surface area contributed by atoms with Crippen molar-refractivity contribution < 1.29 is 4.79 Å². The Morgan fingerprint density at radius 2 is 1.85 bits per heavy atom. The van der Waals surface area contributed by atoms with Gasteiger partial charge in [0.1, 0.15) is 0 Å². The Labute approximate surface area is 121 Å². The van der Waals surface area contributed by atoms with Gasteiger partial charge >= 0.3 is 0 Å². The highest BCUT2D eigenvalue weighted by atomic mass is 16.2. The van der Waals surface area contributed by atoms with Gasteiger partial charge in [0.2, 0.25) is 0 Å². The molecule has 108 valence electrons.